The number of hydrogen-bond donors (Lipinski definition) is 1. The molecule has 0 saturated heterocycles. The molecule has 2 N–H and O–H groups in total. The highest BCUT2D eigenvalue weighted by molar-refractivity contribution is 5.79. The molecule has 0 bridgehead atoms. The predicted molar refractivity (Wildman–Crippen MR) is 62.3 cm³/mol. The van der Waals surface area contributed by atoms with Crippen LogP contribution in [-0.2, 0) is 0 Å². The van der Waals surface area contributed by atoms with Crippen molar-refractivity contribution in [3.05, 3.63) is 42.1 Å². The lowest BCUT2D eigenvalue weighted by atomic mass is 10.1. The van der Waals surface area contributed by atoms with Crippen LogP contribution >= 0.6 is 0 Å². The van der Waals surface area contributed by atoms with E-state index in [-0.39, 0.29) is 0 Å². The van der Waals surface area contributed by atoms with Crippen molar-refractivity contribution in [2.24, 2.45) is 5.73 Å². The van der Waals surface area contributed by atoms with Crippen molar-refractivity contribution in [1.82, 2.24) is 4.98 Å². The van der Waals surface area contributed by atoms with Gasteiger partial charge in [-0.15, -0.1) is 0 Å². The standard InChI is InChI=1S/C13H12N2/c14-8-2-1-4-11-6-7-13-12(10-11)5-3-9-15-13/h3,5-7,9-10H,2,8,14H2. The molecule has 0 unspecified atom stereocenters. The zero-order valence-corrected chi connectivity index (χ0v) is 8.40. The topological polar surface area (TPSA) is 38.9 Å². The average Bonchev–Trinajstić information content (AvgIpc) is 2.29. The number of nitrogens with two attached hydrogens (primary N) is 1. The second-order valence-corrected chi connectivity index (χ2v) is 3.25. The van der Waals surface area contributed by atoms with E-state index >= 15 is 0 Å². The first-order valence-electron chi connectivity index (χ1n) is 4.94. The van der Waals surface area contributed by atoms with E-state index in [2.05, 4.69) is 16.8 Å². The lowest BCUT2D eigenvalue weighted by Crippen LogP contribution is -1.95. The minimum atomic E-state index is 0.613. The average molecular weight is 196 g/mol. The minimum Gasteiger partial charge on any atom is -0.330 e. The fraction of sp³-hybridized carbons (Fsp3) is 0.154. The Bertz CT molecular complexity index is 521. The molecule has 0 spiro atoms. The van der Waals surface area contributed by atoms with E-state index in [0.717, 1.165) is 22.9 Å². The molecule has 2 nitrogen and oxygen atoms in total. The molecule has 0 aliphatic rings. The van der Waals surface area contributed by atoms with Crippen LogP contribution in [0.3, 0.4) is 0 Å². The van der Waals surface area contributed by atoms with Crippen LogP contribution in [0.2, 0.25) is 0 Å². The van der Waals surface area contributed by atoms with Crippen molar-refractivity contribution in [2.45, 2.75) is 6.42 Å². The maximum atomic E-state index is 5.37. The summed E-state index contributed by atoms with van der Waals surface area (Å²) in [5.41, 5.74) is 7.39. The Kier molecular flexibility index (Phi) is 2.96. The normalized spacial score (nSPS) is 9.67. The molecule has 2 aromatic rings. The lowest BCUT2D eigenvalue weighted by Gasteiger charge is -1.96. The first-order valence-corrected chi connectivity index (χ1v) is 4.94. The number of nitrogens with zero attached hydrogens (tertiary/aromatic N) is 1. The Morgan fingerprint density at radius 1 is 1.27 bits per heavy atom. The summed E-state index contributed by atoms with van der Waals surface area (Å²) in [6.45, 7) is 0.613. The van der Waals surface area contributed by atoms with Gasteiger partial charge in [0, 0.05) is 30.1 Å². The molecule has 2 heteroatoms. The van der Waals surface area contributed by atoms with Gasteiger partial charge in [0.15, 0.2) is 0 Å². The summed E-state index contributed by atoms with van der Waals surface area (Å²) < 4.78 is 0. The molecule has 1 heterocycles. The molecular formula is C13H12N2. The van der Waals surface area contributed by atoms with Gasteiger partial charge >= 0.3 is 0 Å². The summed E-state index contributed by atoms with van der Waals surface area (Å²) in [6.07, 6.45) is 2.53. The second kappa shape index (κ2) is 4.59. The molecule has 0 fully saturated rings. The van der Waals surface area contributed by atoms with Crippen LogP contribution in [0, 0.1) is 11.8 Å². The van der Waals surface area contributed by atoms with Crippen LogP contribution in [0.5, 0.6) is 0 Å². The summed E-state index contributed by atoms with van der Waals surface area (Å²) >= 11 is 0. The molecule has 1 aromatic carbocycles. The number of rotatable bonds is 1. The Hall–Kier alpha value is -1.85. The summed E-state index contributed by atoms with van der Waals surface area (Å²) in [5, 5.41) is 1.12. The Labute approximate surface area is 89.1 Å². The van der Waals surface area contributed by atoms with Gasteiger partial charge in [0.05, 0.1) is 5.52 Å². The quantitative estimate of drug-likeness (QED) is 0.708. The number of pyridine rings is 1. The molecule has 0 saturated carbocycles. The van der Waals surface area contributed by atoms with Gasteiger partial charge in [0.25, 0.3) is 0 Å². The SMILES string of the molecule is NCCC#Cc1ccc2ncccc2c1. The molecule has 74 valence electrons. The molecule has 0 radical (unpaired) electrons. The van der Waals surface area contributed by atoms with Gasteiger partial charge < -0.3 is 5.73 Å². The van der Waals surface area contributed by atoms with Crippen LogP contribution in [0.15, 0.2) is 36.5 Å². The fourth-order valence-corrected chi connectivity index (χ4v) is 1.39. The van der Waals surface area contributed by atoms with Crippen LogP contribution < -0.4 is 5.73 Å². The monoisotopic (exact) mass is 196 g/mol. The third-order valence-electron chi connectivity index (χ3n) is 2.11. The molecule has 2 rings (SSSR count). The smallest absolute Gasteiger partial charge is 0.0702 e. The zero-order valence-electron chi connectivity index (χ0n) is 8.40. The summed E-state index contributed by atoms with van der Waals surface area (Å²) in [7, 11) is 0. The summed E-state index contributed by atoms with van der Waals surface area (Å²) in [5.74, 6) is 6.10. The third-order valence-corrected chi connectivity index (χ3v) is 2.11. The minimum absolute atomic E-state index is 0.613. The first kappa shape index (κ1) is 9.70. The van der Waals surface area contributed by atoms with E-state index in [1.807, 2.05) is 30.3 Å². The highest BCUT2D eigenvalue weighted by atomic mass is 14.6. The maximum Gasteiger partial charge on any atom is 0.0702 e. The van der Waals surface area contributed by atoms with Crippen LogP contribution in [0.25, 0.3) is 10.9 Å². The van der Waals surface area contributed by atoms with Crippen LogP contribution in [0.4, 0.5) is 0 Å². The van der Waals surface area contributed by atoms with Crippen molar-refractivity contribution in [3.8, 4) is 11.8 Å². The number of aromatic nitrogens is 1. The fourth-order valence-electron chi connectivity index (χ4n) is 1.39. The maximum absolute atomic E-state index is 5.37. The number of fused-ring (bicyclic) bond motifs is 1. The van der Waals surface area contributed by atoms with E-state index in [1.165, 1.54) is 0 Å². The molecule has 0 aliphatic heterocycles. The Morgan fingerprint density at radius 2 is 2.20 bits per heavy atom. The van der Waals surface area contributed by atoms with Crippen LogP contribution in [0.1, 0.15) is 12.0 Å². The van der Waals surface area contributed by atoms with Gasteiger partial charge in [-0.25, -0.2) is 0 Å². The number of benzene rings is 1. The Morgan fingerprint density at radius 3 is 3.07 bits per heavy atom. The first-order chi connectivity index (χ1) is 7.40. The van der Waals surface area contributed by atoms with Gasteiger partial charge in [-0.1, -0.05) is 17.9 Å². The molecule has 1 aromatic heterocycles. The Balaban J connectivity index is 2.36. The van der Waals surface area contributed by atoms with Crippen molar-refractivity contribution in [2.75, 3.05) is 6.54 Å². The van der Waals surface area contributed by atoms with Crippen molar-refractivity contribution >= 4 is 10.9 Å². The van der Waals surface area contributed by atoms with Gasteiger partial charge in [0.1, 0.15) is 0 Å². The van der Waals surface area contributed by atoms with Crippen molar-refractivity contribution in [3.63, 3.8) is 0 Å². The predicted octanol–water partition coefficient (Wildman–Crippen LogP) is 1.94. The summed E-state index contributed by atoms with van der Waals surface area (Å²) in [6, 6.07) is 9.99. The molecule has 0 amide bonds. The van der Waals surface area contributed by atoms with Gasteiger partial charge in [-0.2, -0.15) is 0 Å². The highest BCUT2D eigenvalue weighted by Gasteiger charge is 1.93. The van der Waals surface area contributed by atoms with E-state index in [1.54, 1.807) is 6.20 Å². The van der Waals surface area contributed by atoms with Gasteiger partial charge in [-0.05, 0) is 24.3 Å². The molecule has 0 aliphatic carbocycles. The van der Waals surface area contributed by atoms with Crippen molar-refractivity contribution in [1.29, 1.82) is 0 Å². The van der Waals surface area contributed by atoms with E-state index in [9.17, 15) is 0 Å². The van der Waals surface area contributed by atoms with Gasteiger partial charge in [-0.3, -0.25) is 4.98 Å². The molecular weight excluding hydrogens is 184 g/mol. The second-order valence-electron chi connectivity index (χ2n) is 3.25. The van der Waals surface area contributed by atoms with Gasteiger partial charge in [0.2, 0.25) is 0 Å². The summed E-state index contributed by atoms with van der Waals surface area (Å²) in [4.78, 5) is 4.25. The third kappa shape index (κ3) is 2.34. The van der Waals surface area contributed by atoms with E-state index in [0.29, 0.717) is 6.54 Å². The van der Waals surface area contributed by atoms with E-state index < -0.39 is 0 Å². The largest absolute Gasteiger partial charge is 0.330 e. The lowest BCUT2D eigenvalue weighted by molar-refractivity contribution is 1.03. The van der Waals surface area contributed by atoms with E-state index in [4.69, 9.17) is 5.73 Å². The highest BCUT2D eigenvalue weighted by Crippen LogP contribution is 2.12. The van der Waals surface area contributed by atoms with Crippen molar-refractivity contribution < 1.29 is 0 Å². The van der Waals surface area contributed by atoms with Crippen LogP contribution in [-0.4, -0.2) is 11.5 Å². The molecule has 0 atom stereocenters. The number of hydrogen-bond acceptors (Lipinski definition) is 2. The zero-order chi connectivity index (χ0) is 10.5. The molecule has 15 heavy (non-hydrogen) atoms.